The van der Waals surface area contributed by atoms with E-state index < -0.39 is 0 Å². The lowest BCUT2D eigenvalue weighted by molar-refractivity contribution is 0.313. The Morgan fingerprint density at radius 3 is 2.54 bits per heavy atom. The predicted molar refractivity (Wildman–Crippen MR) is 111 cm³/mol. The summed E-state index contributed by atoms with van der Waals surface area (Å²) in [4.78, 5) is 18.0. The number of anilines is 3. The standard InChI is InChI=1S/C21H22N6O/c1-4-15-13-19(28-3)24-20-18(15)14-22-21(25-20)23-16-5-7-17(8-6-16)27-11-9-26(2)10-12-27/h1,5-8,13-14H,9-12H2,2-3H3,(H,22,23,24,25). The molecule has 28 heavy (non-hydrogen) atoms. The molecule has 0 unspecified atom stereocenters. The number of likely N-dealkylation sites (N-methyl/N-ethyl adjacent to an activating group) is 1. The van der Waals surface area contributed by atoms with Gasteiger partial charge in [0.1, 0.15) is 0 Å². The molecule has 142 valence electrons. The molecule has 1 aromatic carbocycles. The predicted octanol–water partition coefficient (Wildman–Crippen LogP) is 2.51. The third kappa shape index (κ3) is 3.68. The van der Waals surface area contributed by atoms with Crippen molar-refractivity contribution in [3.8, 4) is 18.2 Å². The zero-order chi connectivity index (χ0) is 19.5. The number of benzene rings is 1. The number of piperazine rings is 1. The lowest BCUT2D eigenvalue weighted by Gasteiger charge is -2.34. The van der Waals surface area contributed by atoms with Crippen molar-refractivity contribution in [1.82, 2.24) is 19.9 Å². The van der Waals surface area contributed by atoms with E-state index in [-0.39, 0.29) is 0 Å². The van der Waals surface area contributed by atoms with Gasteiger partial charge in [-0.3, -0.25) is 0 Å². The van der Waals surface area contributed by atoms with Crippen molar-refractivity contribution in [2.24, 2.45) is 0 Å². The van der Waals surface area contributed by atoms with Crippen LogP contribution in [0.15, 0.2) is 36.5 Å². The second kappa shape index (κ2) is 7.71. The summed E-state index contributed by atoms with van der Waals surface area (Å²) in [5.74, 6) is 3.52. The SMILES string of the molecule is C#Cc1cc(OC)nc2nc(Nc3ccc(N4CCN(C)CC4)cc3)ncc12. The van der Waals surface area contributed by atoms with Gasteiger partial charge in [0.05, 0.1) is 12.5 Å². The van der Waals surface area contributed by atoms with Gasteiger partial charge in [-0.05, 0) is 31.3 Å². The van der Waals surface area contributed by atoms with Gasteiger partial charge in [-0.1, -0.05) is 5.92 Å². The van der Waals surface area contributed by atoms with Crippen LogP contribution in [0.2, 0.25) is 0 Å². The topological polar surface area (TPSA) is 66.4 Å². The van der Waals surface area contributed by atoms with Crippen molar-refractivity contribution in [2.45, 2.75) is 0 Å². The van der Waals surface area contributed by atoms with Crippen molar-refractivity contribution in [2.75, 3.05) is 50.6 Å². The monoisotopic (exact) mass is 374 g/mol. The van der Waals surface area contributed by atoms with E-state index in [1.54, 1.807) is 19.4 Å². The summed E-state index contributed by atoms with van der Waals surface area (Å²) in [5.41, 5.74) is 3.30. The minimum Gasteiger partial charge on any atom is -0.481 e. The van der Waals surface area contributed by atoms with Gasteiger partial charge in [0.15, 0.2) is 5.65 Å². The molecule has 1 aliphatic heterocycles. The summed E-state index contributed by atoms with van der Waals surface area (Å²) in [7, 11) is 3.71. The largest absolute Gasteiger partial charge is 0.481 e. The fourth-order valence-corrected chi connectivity index (χ4v) is 3.22. The average Bonchev–Trinajstić information content (AvgIpc) is 2.74. The van der Waals surface area contributed by atoms with E-state index in [1.165, 1.54) is 5.69 Å². The third-order valence-corrected chi connectivity index (χ3v) is 4.90. The second-order valence-electron chi connectivity index (χ2n) is 6.75. The Labute approximate surface area is 164 Å². The first-order valence-electron chi connectivity index (χ1n) is 9.15. The van der Waals surface area contributed by atoms with E-state index in [0.29, 0.717) is 23.0 Å². The first-order valence-corrected chi connectivity index (χ1v) is 9.15. The molecule has 7 nitrogen and oxygen atoms in total. The Bertz CT molecular complexity index is 1020. The molecule has 0 atom stereocenters. The highest BCUT2D eigenvalue weighted by molar-refractivity contribution is 5.83. The molecule has 0 saturated carbocycles. The molecule has 0 radical (unpaired) electrons. The normalized spacial score (nSPS) is 14.7. The zero-order valence-electron chi connectivity index (χ0n) is 16.0. The highest BCUT2D eigenvalue weighted by atomic mass is 16.5. The Hall–Kier alpha value is -3.37. The number of rotatable bonds is 4. The van der Waals surface area contributed by atoms with Gasteiger partial charge < -0.3 is 19.9 Å². The average molecular weight is 374 g/mol. The number of hydrogen-bond donors (Lipinski definition) is 1. The van der Waals surface area contributed by atoms with Crippen molar-refractivity contribution in [1.29, 1.82) is 0 Å². The van der Waals surface area contributed by atoms with Crippen LogP contribution in [-0.4, -0.2) is 60.2 Å². The second-order valence-corrected chi connectivity index (χ2v) is 6.75. The molecule has 1 aliphatic rings. The highest BCUT2D eigenvalue weighted by Gasteiger charge is 2.14. The molecule has 1 fully saturated rings. The number of aromatic nitrogens is 3. The van der Waals surface area contributed by atoms with Crippen molar-refractivity contribution >= 4 is 28.4 Å². The summed E-state index contributed by atoms with van der Waals surface area (Å²) >= 11 is 0. The molecule has 0 aliphatic carbocycles. The van der Waals surface area contributed by atoms with Gasteiger partial charge in [0, 0.05) is 55.4 Å². The van der Waals surface area contributed by atoms with E-state index in [4.69, 9.17) is 11.2 Å². The number of terminal acetylenes is 1. The molecule has 1 N–H and O–H groups in total. The Morgan fingerprint density at radius 1 is 1.11 bits per heavy atom. The third-order valence-electron chi connectivity index (χ3n) is 4.90. The van der Waals surface area contributed by atoms with Crippen LogP contribution in [0.1, 0.15) is 5.56 Å². The number of methoxy groups -OCH3 is 1. The van der Waals surface area contributed by atoms with Crippen LogP contribution in [0.4, 0.5) is 17.3 Å². The molecule has 0 amide bonds. The van der Waals surface area contributed by atoms with E-state index >= 15 is 0 Å². The van der Waals surface area contributed by atoms with E-state index in [9.17, 15) is 0 Å². The Morgan fingerprint density at radius 2 is 1.86 bits per heavy atom. The van der Waals surface area contributed by atoms with Crippen LogP contribution in [0, 0.1) is 12.3 Å². The number of nitrogens with one attached hydrogen (secondary N) is 1. The van der Waals surface area contributed by atoms with Gasteiger partial charge in [0.2, 0.25) is 11.8 Å². The quantitative estimate of drug-likeness (QED) is 0.704. The molecule has 3 aromatic rings. The molecule has 3 heterocycles. The van der Waals surface area contributed by atoms with Crippen LogP contribution in [0.5, 0.6) is 5.88 Å². The molecule has 0 spiro atoms. The van der Waals surface area contributed by atoms with Crippen molar-refractivity contribution in [3.63, 3.8) is 0 Å². The van der Waals surface area contributed by atoms with E-state index in [0.717, 1.165) is 37.3 Å². The maximum absolute atomic E-state index is 5.57. The fraction of sp³-hybridized carbons (Fsp3) is 0.286. The lowest BCUT2D eigenvalue weighted by Crippen LogP contribution is -2.44. The number of nitrogens with zero attached hydrogens (tertiary/aromatic N) is 5. The van der Waals surface area contributed by atoms with Gasteiger partial charge in [-0.25, -0.2) is 4.98 Å². The van der Waals surface area contributed by atoms with Crippen molar-refractivity contribution < 1.29 is 4.74 Å². The van der Waals surface area contributed by atoms with Crippen LogP contribution < -0.4 is 15.0 Å². The first-order chi connectivity index (χ1) is 13.7. The number of hydrogen-bond acceptors (Lipinski definition) is 7. The van der Waals surface area contributed by atoms with Crippen LogP contribution >= 0.6 is 0 Å². The maximum atomic E-state index is 5.57. The maximum Gasteiger partial charge on any atom is 0.229 e. The van der Waals surface area contributed by atoms with Crippen molar-refractivity contribution in [3.05, 3.63) is 42.1 Å². The number of pyridine rings is 1. The van der Waals surface area contributed by atoms with E-state index in [2.05, 4.69) is 55.2 Å². The van der Waals surface area contributed by atoms with Crippen LogP contribution in [0.25, 0.3) is 11.0 Å². The highest BCUT2D eigenvalue weighted by Crippen LogP contribution is 2.23. The van der Waals surface area contributed by atoms with Gasteiger partial charge in [0.25, 0.3) is 0 Å². The Balaban J connectivity index is 1.54. The van der Waals surface area contributed by atoms with Gasteiger partial charge >= 0.3 is 0 Å². The summed E-state index contributed by atoms with van der Waals surface area (Å²) in [5, 5.41) is 3.95. The fourth-order valence-electron chi connectivity index (χ4n) is 3.22. The molecular weight excluding hydrogens is 352 g/mol. The molecule has 4 rings (SSSR count). The smallest absolute Gasteiger partial charge is 0.229 e. The minimum atomic E-state index is 0.432. The Kier molecular flexibility index (Phi) is 4.96. The molecule has 1 saturated heterocycles. The lowest BCUT2D eigenvalue weighted by atomic mass is 10.2. The number of ether oxygens (including phenoxy) is 1. The molecule has 7 heteroatoms. The molecule has 2 aromatic heterocycles. The van der Waals surface area contributed by atoms with Crippen LogP contribution in [-0.2, 0) is 0 Å². The molecular formula is C21H22N6O. The van der Waals surface area contributed by atoms with Gasteiger partial charge in [-0.15, -0.1) is 6.42 Å². The number of fused-ring (bicyclic) bond motifs is 1. The summed E-state index contributed by atoms with van der Waals surface area (Å²) in [6.07, 6.45) is 7.26. The zero-order valence-corrected chi connectivity index (χ0v) is 16.0. The summed E-state index contributed by atoms with van der Waals surface area (Å²) in [6, 6.07) is 10.0. The van der Waals surface area contributed by atoms with E-state index in [1.807, 2.05) is 12.1 Å². The van der Waals surface area contributed by atoms with Gasteiger partial charge in [-0.2, -0.15) is 9.97 Å². The minimum absolute atomic E-state index is 0.432. The first kappa shape index (κ1) is 18.0. The summed E-state index contributed by atoms with van der Waals surface area (Å²) < 4.78 is 5.21. The molecule has 0 bridgehead atoms. The van der Waals surface area contributed by atoms with Crippen LogP contribution in [0.3, 0.4) is 0 Å². The summed E-state index contributed by atoms with van der Waals surface area (Å²) in [6.45, 7) is 4.26.